The molecule has 3 atom stereocenters. The van der Waals surface area contributed by atoms with Crippen molar-refractivity contribution < 1.29 is 9.59 Å². The van der Waals surface area contributed by atoms with Crippen LogP contribution in [0.4, 0.5) is 0 Å². The summed E-state index contributed by atoms with van der Waals surface area (Å²) in [5.74, 6) is 1.29. The number of ketones is 2. The Bertz CT molecular complexity index is 609. The SMILES string of the molecule is C[C@]12CCC(=O)C=C1CCC1=C2CC[C@]2(C)C(=O)CC[C@@H]12. The van der Waals surface area contributed by atoms with E-state index in [0.29, 0.717) is 23.9 Å². The van der Waals surface area contributed by atoms with Crippen LogP contribution in [0, 0.1) is 16.7 Å². The van der Waals surface area contributed by atoms with Crippen LogP contribution in [-0.2, 0) is 9.59 Å². The first-order valence-electron chi connectivity index (χ1n) is 8.45. The lowest BCUT2D eigenvalue weighted by Gasteiger charge is -2.49. The summed E-state index contributed by atoms with van der Waals surface area (Å²) in [6, 6.07) is 0. The lowest BCUT2D eigenvalue weighted by atomic mass is 9.54. The van der Waals surface area contributed by atoms with Crippen LogP contribution >= 0.6 is 0 Å². The molecule has 0 aromatic rings. The molecule has 0 aliphatic heterocycles. The molecule has 0 spiro atoms. The van der Waals surface area contributed by atoms with Gasteiger partial charge in [-0.25, -0.2) is 0 Å². The molecular formula is C19H24O2. The van der Waals surface area contributed by atoms with Gasteiger partial charge in [0, 0.05) is 23.7 Å². The van der Waals surface area contributed by atoms with Crippen LogP contribution in [-0.4, -0.2) is 11.6 Å². The van der Waals surface area contributed by atoms with Crippen LogP contribution in [0.5, 0.6) is 0 Å². The Morgan fingerprint density at radius 1 is 1.00 bits per heavy atom. The molecule has 2 nitrogen and oxygen atoms in total. The van der Waals surface area contributed by atoms with Gasteiger partial charge in [-0.1, -0.05) is 30.6 Å². The van der Waals surface area contributed by atoms with Crippen molar-refractivity contribution in [3.63, 3.8) is 0 Å². The fraction of sp³-hybridized carbons (Fsp3) is 0.684. The maximum absolute atomic E-state index is 12.3. The molecule has 4 aliphatic rings. The summed E-state index contributed by atoms with van der Waals surface area (Å²) >= 11 is 0. The van der Waals surface area contributed by atoms with E-state index in [0.717, 1.165) is 44.9 Å². The number of fused-ring (bicyclic) bond motifs is 4. The highest BCUT2D eigenvalue weighted by Crippen LogP contribution is 2.61. The summed E-state index contributed by atoms with van der Waals surface area (Å²) in [5.41, 5.74) is 4.61. The zero-order chi connectivity index (χ0) is 14.8. The molecule has 2 heteroatoms. The molecule has 0 amide bonds. The number of carbonyl (C=O) groups is 2. The molecule has 0 unspecified atom stereocenters. The molecule has 1 fully saturated rings. The second-order valence-corrected chi connectivity index (χ2v) is 7.90. The summed E-state index contributed by atoms with van der Waals surface area (Å²) in [6.07, 6.45) is 9.63. The van der Waals surface area contributed by atoms with Gasteiger partial charge in [0.25, 0.3) is 0 Å². The van der Waals surface area contributed by atoms with Gasteiger partial charge in [-0.15, -0.1) is 0 Å². The Labute approximate surface area is 126 Å². The Kier molecular flexibility index (Phi) is 2.68. The Morgan fingerprint density at radius 3 is 2.62 bits per heavy atom. The van der Waals surface area contributed by atoms with Crippen molar-refractivity contribution in [2.45, 2.75) is 65.2 Å². The highest BCUT2D eigenvalue weighted by atomic mass is 16.1. The predicted molar refractivity (Wildman–Crippen MR) is 81.8 cm³/mol. The van der Waals surface area contributed by atoms with E-state index >= 15 is 0 Å². The number of hydrogen-bond donors (Lipinski definition) is 0. The van der Waals surface area contributed by atoms with Gasteiger partial charge in [-0.2, -0.15) is 0 Å². The van der Waals surface area contributed by atoms with Gasteiger partial charge >= 0.3 is 0 Å². The van der Waals surface area contributed by atoms with Gasteiger partial charge in [0.15, 0.2) is 5.78 Å². The van der Waals surface area contributed by atoms with Gasteiger partial charge in [-0.3, -0.25) is 9.59 Å². The molecule has 112 valence electrons. The maximum atomic E-state index is 12.3. The number of hydrogen-bond acceptors (Lipinski definition) is 2. The van der Waals surface area contributed by atoms with Gasteiger partial charge in [-0.05, 0) is 50.5 Å². The van der Waals surface area contributed by atoms with E-state index in [1.807, 2.05) is 6.08 Å². The van der Waals surface area contributed by atoms with Crippen LogP contribution in [0.2, 0.25) is 0 Å². The third-order valence-electron chi connectivity index (χ3n) is 7.01. The molecule has 0 saturated heterocycles. The molecule has 0 bridgehead atoms. The third-order valence-corrected chi connectivity index (χ3v) is 7.01. The van der Waals surface area contributed by atoms with Gasteiger partial charge < -0.3 is 0 Å². The quantitative estimate of drug-likeness (QED) is 0.626. The number of Topliss-reactive ketones (excluding diaryl/α,β-unsaturated/α-hetero) is 1. The van der Waals surface area contributed by atoms with Crippen molar-refractivity contribution in [3.8, 4) is 0 Å². The van der Waals surface area contributed by atoms with Crippen LogP contribution in [0.15, 0.2) is 22.8 Å². The van der Waals surface area contributed by atoms with Crippen LogP contribution in [0.25, 0.3) is 0 Å². The number of allylic oxidation sites excluding steroid dienone is 4. The molecule has 0 aromatic heterocycles. The zero-order valence-corrected chi connectivity index (χ0v) is 13.1. The van der Waals surface area contributed by atoms with E-state index in [1.54, 1.807) is 11.1 Å². The smallest absolute Gasteiger partial charge is 0.155 e. The maximum Gasteiger partial charge on any atom is 0.155 e. The zero-order valence-electron chi connectivity index (χ0n) is 13.1. The molecule has 4 aliphatic carbocycles. The topological polar surface area (TPSA) is 34.1 Å². The van der Waals surface area contributed by atoms with E-state index < -0.39 is 0 Å². The standard InChI is InChI=1S/C19H24O2/c1-18-9-7-13(20)11-12(18)3-4-14-15-5-6-17(21)19(15,2)10-8-16(14)18/h11,15H,3-10H2,1-2H3/t15-,18-,19-/m0/s1. The highest BCUT2D eigenvalue weighted by Gasteiger charge is 2.53. The van der Waals surface area contributed by atoms with Crippen molar-refractivity contribution in [2.75, 3.05) is 0 Å². The Balaban J connectivity index is 1.82. The van der Waals surface area contributed by atoms with Crippen molar-refractivity contribution >= 4 is 11.6 Å². The van der Waals surface area contributed by atoms with E-state index in [1.165, 1.54) is 5.57 Å². The van der Waals surface area contributed by atoms with Crippen molar-refractivity contribution in [1.29, 1.82) is 0 Å². The van der Waals surface area contributed by atoms with Crippen molar-refractivity contribution in [3.05, 3.63) is 22.8 Å². The van der Waals surface area contributed by atoms with Gasteiger partial charge in [0.05, 0.1) is 0 Å². The van der Waals surface area contributed by atoms with Gasteiger partial charge in [0.1, 0.15) is 5.78 Å². The van der Waals surface area contributed by atoms with E-state index in [9.17, 15) is 9.59 Å². The molecule has 4 rings (SSSR count). The van der Waals surface area contributed by atoms with Crippen molar-refractivity contribution in [2.24, 2.45) is 16.7 Å². The summed E-state index contributed by atoms with van der Waals surface area (Å²) < 4.78 is 0. The Hall–Kier alpha value is -1.18. The number of rotatable bonds is 0. The summed E-state index contributed by atoms with van der Waals surface area (Å²) in [5, 5.41) is 0. The number of carbonyl (C=O) groups excluding carboxylic acids is 2. The predicted octanol–water partition coefficient (Wildman–Crippen LogP) is 4.15. The molecular weight excluding hydrogens is 260 g/mol. The minimum absolute atomic E-state index is 0.0824. The van der Waals surface area contributed by atoms with Crippen molar-refractivity contribution in [1.82, 2.24) is 0 Å². The van der Waals surface area contributed by atoms with E-state index in [-0.39, 0.29) is 10.8 Å². The fourth-order valence-corrected chi connectivity index (χ4v) is 5.58. The van der Waals surface area contributed by atoms with Gasteiger partial charge in [0.2, 0.25) is 0 Å². The third kappa shape index (κ3) is 1.65. The first-order chi connectivity index (χ1) is 9.95. The molecule has 0 heterocycles. The minimum atomic E-state index is -0.0824. The van der Waals surface area contributed by atoms with Crippen LogP contribution in [0.3, 0.4) is 0 Å². The summed E-state index contributed by atoms with van der Waals surface area (Å²) in [4.78, 5) is 24.1. The lowest BCUT2D eigenvalue weighted by molar-refractivity contribution is -0.126. The van der Waals surface area contributed by atoms with E-state index in [4.69, 9.17) is 0 Å². The van der Waals surface area contributed by atoms with Crippen LogP contribution in [0.1, 0.15) is 65.2 Å². The normalized spacial score (nSPS) is 42.4. The molecule has 21 heavy (non-hydrogen) atoms. The molecule has 0 N–H and O–H groups in total. The first-order valence-corrected chi connectivity index (χ1v) is 8.45. The molecule has 0 aromatic carbocycles. The fourth-order valence-electron chi connectivity index (χ4n) is 5.58. The first kappa shape index (κ1) is 13.5. The molecule has 1 saturated carbocycles. The van der Waals surface area contributed by atoms with Crippen LogP contribution < -0.4 is 0 Å². The van der Waals surface area contributed by atoms with E-state index in [2.05, 4.69) is 13.8 Å². The summed E-state index contributed by atoms with van der Waals surface area (Å²) in [7, 11) is 0. The minimum Gasteiger partial charge on any atom is -0.299 e. The summed E-state index contributed by atoms with van der Waals surface area (Å²) in [6.45, 7) is 4.55. The second kappa shape index (κ2) is 4.18. The Morgan fingerprint density at radius 2 is 1.81 bits per heavy atom. The average molecular weight is 284 g/mol. The lowest BCUT2D eigenvalue weighted by Crippen LogP contribution is -2.40. The second-order valence-electron chi connectivity index (χ2n) is 7.90. The highest BCUT2D eigenvalue weighted by molar-refractivity contribution is 5.92. The monoisotopic (exact) mass is 284 g/mol. The largest absolute Gasteiger partial charge is 0.299 e. The average Bonchev–Trinajstić information content (AvgIpc) is 2.76. The molecule has 0 radical (unpaired) electrons.